The van der Waals surface area contributed by atoms with Crippen molar-refractivity contribution in [1.82, 2.24) is 20.0 Å². The molecule has 2 amide bonds. The van der Waals surface area contributed by atoms with Crippen molar-refractivity contribution >= 4 is 11.8 Å². The van der Waals surface area contributed by atoms with E-state index in [1.165, 1.54) is 0 Å². The Labute approximate surface area is 140 Å². The number of piperazine rings is 1. The summed E-state index contributed by atoms with van der Waals surface area (Å²) < 4.78 is 5.17. The minimum absolute atomic E-state index is 0.00108. The Morgan fingerprint density at radius 3 is 2.08 bits per heavy atom. The monoisotopic (exact) mass is 328 g/mol. The van der Waals surface area contributed by atoms with Crippen molar-refractivity contribution in [2.75, 3.05) is 26.2 Å². The minimum atomic E-state index is -0.283. The van der Waals surface area contributed by atoms with Gasteiger partial charge < -0.3 is 14.2 Å². The summed E-state index contributed by atoms with van der Waals surface area (Å²) in [4.78, 5) is 28.3. The molecule has 0 aliphatic carbocycles. The first-order valence-corrected chi connectivity index (χ1v) is 7.91. The van der Waals surface area contributed by atoms with Crippen LogP contribution in [0.3, 0.4) is 0 Å². The number of aryl methyl sites for hydroxylation is 3. The Morgan fingerprint density at radius 2 is 1.54 bits per heavy atom. The van der Waals surface area contributed by atoms with Gasteiger partial charge in [0.2, 0.25) is 5.89 Å². The van der Waals surface area contributed by atoms with E-state index in [1.54, 1.807) is 16.7 Å². The molecule has 24 heavy (non-hydrogen) atoms. The fourth-order valence-corrected chi connectivity index (χ4v) is 2.69. The number of hydrogen-bond donors (Lipinski definition) is 0. The van der Waals surface area contributed by atoms with Crippen LogP contribution in [0.15, 0.2) is 22.6 Å². The Hall–Kier alpha value is -2.70. The highest BCUT2D eigenvalue weighted by Gasteiger charge is 2.28. The third kappa shape index (κ3) is 3.15. The second-order valence-electron chi connectivity index (χ2n) is 6.01. The van der Waals surface area contributed by atoms with Crippen molar-refractivity contribution in [2.24, 2.45) is 0 Å². The Kier molecular flexibility index (Phi) is 4.33. The lowest BCUT2D eigenvalue weighted by molar-refractivity contribution is 0.0512. The maximum atomic E-state index is 12.6. The molecule has 0 spiro atoms. The molecule has 126 valence electrons. The number of benzene rings is 1. The molecule has 0 saturated carbocycles. The molecule has 2 aromatic rings. The van der Waals surface area contributed by atoms with Crippen LogP contribution in [0, 0.1) is 20.8 Å². The molecule has 7 nitrogen and oxygen atoms in total. The van der Waals surface area contributed by atoms with Crippen molar-refractivity contribution in [1.29, 1.82) is 0 Å². The van der Waals surface area contributed by atoms with E-state index in [9.17, 15) is 9.59 Å². The van der Waals surface area contributed by atoms with Gasteiger partial charge in [-0.2, -0.15) is 0 Å². The Balaban J connectivity index is 1.63. The topological polar surface area (TPSA) is 79.5 Å². The molecule has 7 heteroatoms. The average Bonchev–Trinajstić information content (AvgIpc) is 3.02. The molecular weight excluding hydrogens is 308 g/mol. The van der Waals surface area contributed by atoms with Crippen LogP contribution >= 0.6 is 0 Å². The smallest absolute Gasteiger partial charge is 0.311 e. The first kappa shape index (κ1) is 16.2. The first-order valence-electron chi connectivity index (χ1n) is 7.91. The molecule has 1 aromatic heterocycles. The molecule has 0 atom stereocenters. The zero-order chi connectivity index (χ0) is 17.3. The van der Waals surface area contributed by atoms with Gasteiger partial charge in [-0.3, -0.25) is 9.59 Å². The summed E-state index contributed by atoms with van der Waals surface area (Å²) in [6, 6.07) is 5.72. The van der Waals surface area contributed by atoms with Crippen LogP contribution in [0.5, 0.6) is 0 Å². The number of amides is 2. The van der Waals surface area contributed by atoms with Crippen LogP contribution in [-0.4, -0.2) is 58.0 Å². The quantitative estimate of drug-likeness (QED) is 0.836. The fourth-order valence-electron chi connectivity index (χ4n) is 2.69. The SMILES string of the molecule is Cc1nnc(C(=O)N2CCN(C(=O)c3ccc(C)c(C)c3)CC2)o1. The molecule has 1 aromatic carbocycles. The molecule has 0 radical (unpaired) electrons. The lowest BCUT2D eigenvalue weighted by Gasteiger charge is -2.34. The molecule has 1 fully saturated rings. The second kappa shape index (κ2) is 6.43. The van der Waals surface area contributed by atoms with Gasteiger partial charge in [0.25, 0.3) is 5.91 Å². The number of carbonyl (C=O) groups excluding carboxylic acids is 2. The average molecular weight is 328 g/mol. The summed E-state index contributed by atoms with van der Waals surface area (Å²) in [7, 11) is 0. The number of nitrogens with zero attached hydrogens (tertiary/aromatic N) is 4. The van der Waals surface area contributed by atoms with Crippen molar-refractivity contribution in [3.05, 3.63) is 46.7 Å². The maximum Gasteiger partial charge on any atom is 0.311 e. The third-order valence-corrected chi connectivity index (χ3v) is 4.32. The summed E-state index contributed by atoms with van der Waals surface area (Å²) in [6.45, 7) is 7.55. The molecule has 2 heterocycles. The molecule has 1 saturated heterocycles. The van der Waals surface area contributed by atoms with Gasteiger partial charge in [-0.25, -0.2) is 0 Å². The van der Waals surface area contributed by atoms with Crippen molar-refractivity contribution in [2.45, 2.75) is 20.8 Å². The largest absolute Gasteiger partial charge is 0.417 e. The summed E-state index contributed by atoms with van der Waals surface area (Å²) in [6.07, 6.45) is 0. The van der Waals surface area contributed by atoms with Gasteiger partial charge >= 0.3 is 11.8 Å². The van der Waals surface area contributed by atoms with Gasteiger partial charge in [0.15, 0.2) is 0 Å². The predicted molar refractivity (Wildman–Crippen MR) is 86.8 cm³/mol. The summed E-state index contributed by atoms with van der Waals surface area (Å²) in [5.41, 5.74) is 2.95. The van der Waals surface area contributed by atoms with E-state index in [0.717, 1.165) is 11.1 Å². The predicted octanol–water partition coefficient (Wildman–Crippen LogP) is 1.59. The summed E-state index contributed by atoms with van der Waals surface area (Å²) >= 11 is 0. The third-order valence-electron chi connectivity index (χ3n) is 4.32. The van der Waals surface area contributed by atoms with Crippen LogP contribution in [0.4, 0.5) is 0 Å². The molecule has 3 rings (SSSR count). The van der Waals surface area contributed by atoms with Crippen LogP contribution < -0.4 is 0 Å². The van der Waals surface area contributed by atoms with E-state index in [1.807, 2.05) is 32.0 Å². The fraction of sp³-hybridized carbons (Fsp3) is 0.412. The Morgan fingerprint density at radius 1 is 0.917 bits per heavy atom. The molecule has 0 N–H and O–H groups in total. The molecule has 0 unspecified atom stereocenters. The van der Waals surface area contributed by atoms with Gasteiger partial charge in [-0.05, 0) is 37.1 Å². The van der Waals surface area contributed by atoms with E-state index in [-0.39, 0.29) is 17.7 Å². The van der Waals surface area contributed by atoms with Crippen LogP contribution in [-0.2, 0) is 0 Å². The van der Waals surface area contributed by atoms with Crippen LogP contribution in [0.1, 0.15) is 38.1 Å². The zero-order valence-electron chi connectivity index (χ0n) is 14.1. The van der Waals surface area contributed by atoms with E-state index < -0.39 is 0 Å². The maximum absolute atomic E-state index is 12.6. The lowest BCUT2D eigenvalue weighted by atomic mass is 10.1. The highest BCUT2D eigenvalue weighted by molar-refractivity contribution is 5.95. The van der Waals surface area contributed by atoms with E-state index >= 15 is 0 Å². The van der Waals surface area contributed by atoms with Gasteiger partial charge in [-0.1, -0.05) is 6.07 Å². The van der Waals surface area contributed by atoms with Crippen molar-refractivity contribution < 1.29 is 14.0 Å². The normalized spacial score (nSPS) is 14.8. The molecule has 1 aliphatic heterocycles. The number of aromatic nitrogens is 2. The molecular formula is C17H20N4O3. The van der Waals surface area contributed by atoms with Gasteiger partial charge in [0.05, 0.1) is 0 Å². The van der Waals surface area contributed by atoms with Gasteiger partial charge in [0, 0.05) is 38.7 Å². The summed E-state index contributed by atoms with van der Waals surface area (Å²) in [5, 5.41) is 7.42. The van der Waals surface area contributed by atoms with Gasteiger partial charge in [0.1, 0.15) is 0 Å². The first-order chi connectivity index (χ1) is 11.5. The highest BCUT2D eigenvalue weighted by atomic mass is 16.4. The van der Waals surface area contributed by atoms with E-state index in [0.29, 0.717) is 37.6 Å². The second-order valence-corrected chi connectivity index (χ2v) is 6.01. The lowest BCUT2D eigenvalue weighted by Crippen LogP contribution is -2.50. The zero-order valence-corrected chi connectivity index (χ0v) is 14.1. The number of rotatable bonds is 2. The number of hydrogen-bond acceptors (Lipinski definition) is 5. The standard InChI is InChI=1S/C17H20N4O3/c1-11-4-5-14(10-12(11)2)16(22)20-6-8-21(9-7-20)17(23)15-19-18-13(3)24-15/h4-5,10H,6-9H2,1-3H3. The van der Waals surface area contributed by atoms with Crippen molar-refractivity contribution in [3.63, 3.8) is 0 Å². The van der Waals surface area contributed by atoms with Crippen molar-refractivity contribution in [3.8, 4) is 0 Å². The van der Waals surface area contributed by atoms with E-state index in [2.05, 4.69) is 10.2 Å². The number of carbonyl (C=O) groups is 2. The van der Waals surface area contributed by atoms with Crippen LogP contribution in [0.2, 0.25) is 0 Å². The summed E-state index contributed by atoms with van der Waals surface area (Å²) in [5.74, 6) is 0.0797. The molecule has 0 bridgehead atoms. The minimum Gasteiger partial charge on any atom is -0.417 e. The highest BCUT2D eigenvalue weighted by Crippen LogP contribution is 2.14. The van der Waals surface area contributed by atoms with Crippen LogP contribution in [0.25, 0.3) is 0 Å². The van der Waals surface area contributed by atoms with Gasteiger partial charge in [-0.15, -0.1) is 10.2 Å². The Bertz CT molecular complexity index is 776. The molecule has 1 aliphatic rings. The van der Waals surface area contributed by atoms with E-state index in [4.69, 9.17) is 4.42 Å².